The first-order valence-corrected chi connectivity index (χ1v) is 9.98. The number of benzene rings is 1. The highest BCUT2D eigenvalue weighted by atomic mass is 32.1. The van der Waals surface area contributed by atoms with Crippen molar-refractivity contribution in [1.82, 2.24) is 24.8 Å². The Hall–Kier alpha value is -2.74. The number of carbonyl (C=O) groups excluding carboxylic acids is 2. The Morgan fingerprint density at radius 1 is 1.19 bits per heavy atom. The average Bonchev–Trinajstić information content (AvgIpc) is 3.33. The predicted molar refractivity (Wildman–Crippen MR) is 103 cm³/mol. The van der Waals surface area contributed by atoms with E-state index in [0.717, 1.165) is 17.1 Å². The van der Waals surface area contributed by atoms with Crippen molar-refractivity contribution >= 4 is 28.1 Å². The van der Waals surface area contributed by atoms with E-state index in [2.05, 4.69) is 15.4 Å². The minimum atomic E-state index is -0.0290. The van der Waals surface area contributed by atoms with Crippen molar-refractivity contribution in [1.29, 1.82) is 0 Å². The molecule has 0 radical (unpaired) electrons. The second-order valence-corrected chi connectivity index (χ2v) is 7.49. The van der Waals surface area contributed by atoms with Crippen LogP contribution >= 0.6 is 11.3 Å². The van der Waals surface area contributed by atoms with Crippen LogP contribution in [0.4, 0.5) is 0 Å². The van der Waals surface area contributed by atoms with Gasteiger partial charge in [-0.2, -0.15) is 5.10 Å². The Bertz CT molecular complexity index is 928. The zero-order chi connectivity index (χ0) is 18.6. The van der Waals surface area contributed by atoms with Gasteiger partial charge in [0.05, 0.1) is 5.69 Å². The topological polar surface area (TPSA) is 79.6 Å². The maximum Gasteiger partial charge on any atom is 0.253 e. The summed E-state index contributed by atoms with van der Waals surface area (Å²) in [5.74, 6) is 0.0920. The van der Waals surface area contributed by atoms with Crippen molar-refractivity contribution in [3.8, 4) is 0 Å². The lowest BCUT2D eigenvalue weighted by Crippen LogP contribution is -2.43. The van der Waals surface area contributed by atoms with Crippen LogP contribution in [0.25, 0.3) is 4.96 Å². The van der Waals surface area contributed by atoms with Gasteiger partial charge in [-0.3, -0.25) is 9.59 Å². The van der Waals surface area contributed by atoms with Gasteiger partial charge in [-0.25, -0.2) is 9.50 Å². The fourth-order valence-corrected chi connectivity index (χ4v) is 4.24. The molecule has 1 aliphatic heterocycles. The molecule has 1 N–H and O–H groups in total. The van der Waals surface area contributed by atoms with E-state index in [1.54, 1.807) is 17.7 Å². The highest BCUT2D eigenvalue weighted by molar-refractivity contribution is 7.15. The van der Waals surface area contributed by atoms with Gasteiger partial charge in [0, 0.05) is 42.9 Å². The van der Waals surface area contributed by atoms with Crippen LogP contribution in [0.2, 0.25) is 0 Å². The summed E-state index contributed by atoms with van der Waals surface area (Å²) in [6.07, 6.45) is 3.67. The van der Waals surface area contributed by atoms with Crippen LogP contribution in [-0.4, -0.2) is 50.9 Å². The quantitative estimate of drug-likeness (QED) is 0.731. The van der Waals surface area contributed by atoms with E-state index < -0.39 is 0 Å². The van der Waals surface area contributed by atoms with Gasteiger partial charge in [-0.1, -0.05) is 18.2 Å². The summed E-state index contributed by atoms with van der Waals surface area (Å²) in [7, 11) is 0. The predicted octanol–water partition coefficient (Wildman–Crippen LogP) is 2.00. The molecule has 0 spiro atoms. The second kappa shape index (κ2) is 7.87. The molecule has 27 heavy (non-hydrogen) atoms. The number of aromatic nitrogens is 3. The summed E-state index contributed by atoms with van der Waals surface area (Å²) in [4.78, 5) is 31.8. The number of nitrogens with one attached hydrogen (secondary N) is 1. The maximum absolute atomic E-state index is 12.5. The highest BCUT2D eigenvalue weighted by Crippen LogP contribution is 2.19. The monoisotopic (exact) mass is 383 g/mol. The summed E-state index contributed by atoms with van der Waals surface area (Å²) >= 11 is 1.55. The van der Waals surface area contributed by atoms with Crippen molar-refractivity contribution < 1.29 is 9.59 Å². The van der Waals surface area contributed by atoms with Crippen LogP contribution in [0.5, 0.6) is 0 Å². The molecule has 1 aliphatic rings. The molecular weight excluding hydrogens is 362 g/mol. The number of piperidine rings is 1. The molecule has 0 aliphatic carbocycles. The van der Waals surface area contributed by atoms with Crippen molar-refractivity contribution in [3.63, 3.8) is 0 Å². The van der Waals surface area contributed by atoms with Crippen molar-refractivity contribution in [2.24, 2.45) is 5.92 Å². The normalized spacial score (nSPS) is 15.2. The first-order chi connectivity index (χ1) is 13.2. The van der Waals surface area contributed by atoms with Gasteiger partial charge >= 0.3 is 0 Å². The van der Waals surface area contributed by atoms with E-state index in [1.807, 2.05) is 45.1 Å². The van der Waals surface area contributed by atoms with Gasteiger partial charge in [0.2, 0.25) is 10.9 Å². The van der Waals surface area contributed by atoms with Gasteiger partial charge in [0.1, 0.15) is 6.33 Å². The van der Waals surface area contributed by atoms with Gasteiger partial charge < -0.3 is 10.2 Å². The molecule has 0 bridgehead atoms. The minimum absolute atomic E-state index is 0.0290. The van der Waals surface area contributed by atoms with Crippen molar-refractivity contribution in [2.75, 3.05) is 19.6 Å². The molecule has 1 fully saturated rings. The Morgan fingerprint density at radius 2 is 1.96 bits per heavy atom. The van der Waals surface area contributed by atoms with E-state index in [4.69, 9.17) is 0 Å². The second-order valence-electron chi connectivity index (χ2n) is 6.65. The van der Waals surface area contributed by atoms with E-state index in [9.17, 15) is 9.59 Å². The number of likely N-dealkylation sites (tertiary alicyclic amines) is 1. The van der Waals surface area contributed by atoms with Crippen LogP contribution in [-0.2, 0) is 11.2 Å². The van der Waals surface area contributed by atoms with E-state index in [0.29, 0.717) is 38.0 Å². The third-order valence-corrected chi connectivity index (χ3v) is 5.82. The van der Waals surface area contributed by atoms with Gasteiger partial charge in [0.15, 0.2) is 0 Å². The van der Waals surface area contributed by atoms with E-state index in [1.165, 1.54) is 0 Å². The lowest BCUT2D eigenvalue weighted by molar-refractivity contribution is -0.126. The molecule has 2 amide bonds. The maximum atomic E-state index is 12.5. The largest absolute Gasteiger partial charge is 0.355 e. The smallest absolute Gasteiger partial charge is 0.253 e. The number of thiazole rings is 1. The number of amides is 2. The summed E-state index contributed by atoms with van der Waals surface area (Å²) < 4.78 is 1.81. The van der Waals surface area contributed by atoms with E-state index in [-0.39, 0.29) is 17.7 Å². The SMILES string of the molecule is O=C(NCCc1csc2ncnn12)C1CCN(C(=O)c2ccccc2)CC1. The molecule has 7 nitrogen and oxygen atoms in total. The molecule has 8 heteroatoms. The van der Waals surface area contributed by atoms with Crippen LogP contribution in [0.15, 0.2) is 42.0 Å². The van der Waals surface area contributed by atoms with Crippen LogP contribution in [0.3, 0.4) is 0 Å². The molecule has 140 valence electrons. The lowest BCUT2D eigenvalue weighted by atomic mass is 9.95. The summed E-state index contributed by atoms with van der Waals surface area (Å²) in [6, 6.07) is 9.30. The third kappa shape index (κ3) is 3.85. The molecule has 0 unspecified atom stereocenters. The standard InChI is InChI=1S/C19H21N5O2S/c25-17(20-9-6-16-12-27-19-21-13-22-24(16)19)14-7-10-23(11-8-14)18(26)15-4-2-1-3-5-15/h1-5,12-14H,6-11H2,(H,20,25). The molecule has 1 aromatic carbocycles. The minimum Gasteiger partial charge on any atom is -0.355 e. The zero-order valence-electron chi connectivity index (χ0n) is 14.9. The Balaban J connectivity index is 1.24. The molecule has 4 rings (SSSR count). The lowest BCUT2D eigenvalue weighted by Gasteiger charge is -2.31. The molecule has 3 heterocycles. The first kappa shape index (κ1) is 17.7. The van der Waals surface area contributed by atoms with Crippen molar-refractivity contribution in [2.45, 2.75) is 19.3 Å². The summed E-state index contributed by atoms with van der Waals surface area (Å²) in [5.41, 5.74) is 1.76. The number of rotatable bonds is 5. The van der Waals surface area contributed by atoms with Crippen molar-refractivity contribution in [3.05, 3.63) is 53.3 Å². The Kier molecular flexibility index (Phi) is 5.15. The molecule has 0 saturated carbocycles. The average molecular weight is 383 g/mol. The van der Waals surface area contributed by atoms with Gasteiger partial charge in [0.25, 0.3) is 5.91 Å². The fourth-order valence-electron chi connectivity index (χ4n) is 3.41. The molecule has 1 saturated heterocycles. The molecule has 0 atom stereocenters. The number of fused-ring (bicyclic) bond motifs is 1. The fraction of sp³-hybridized carbons (Fsp3) is 0.368. The van der Waals surface area contributed by atoms with Gasteiger partial charge in [-0.05, 0) is 25.0 Å². The Labute approximate surface area is 161 Å². The molecule has 2 aromatic heterocycles. The van der Waals surface area contributed by atoms with E-state index >= 15 is 0 Å². The zero-order valence-corrected chi connectivity index (χ0v) is 15.7. The van der Waals surface area contributed by atoms with Gasteiger partial charge in [-0.15, -0.1) is 11.3 Å². The number of nitrogens with zero attached hydrogens (tertiary/aromatic N) is 4. The Morgan fingerprint density at radius 3 is 2.74 bits per heavy atom. The van der Waals surface area contributed by atoms with Crippen LogP contribution < -0.4 is 5.32 Å². The first-order valence-electron chi connectivity index (χ1n) is 9.10. The highest BCUT2D eigenvalue weighted by Gasteiger charge is 2.27. The number of hydrogen-bond donors (Lipinski definition) is 1. The molecular formula is C19H21N5O2S. The number of hydrogen-bond acceptors (Lipinski definition) is 5. The summed E-state index contributed by atoms with van der Waals surface area (Å²) in [5, 5.41) is 9.23. The van der Waals surface area contributed by atoms with Crippen LogP contribution in [0.1, 0.15) is 28.9 Å². The summed E-state index contributed by atoms with van der Waals surface area (Å²) in [6.45, 7) is 1.82. The third-order valence-electron chi connectivity index (χ3n) is 4.94. The number of carbonyl (C=O) groups is 2. The molecule has 3 aromatic rings. The van der Waals surface area contributed by atoms with Crippen LogP contribution in [0, 0.1) is 5.92 Å².